The highest BCUT2D eigenvalue weighted by Crippen LogP contribution is 2.28. The molecule has 96 valence electrons. The van der Waals surface area contributed by atoms with Gasteiger partial charge in [-0.1, -0.05) is 0 Å². The van der Waals surface area contributed by atoms with E-state index in [1.54, 1.807) is 12.4 Å². The highest BCUT2D eigenvalue weighted by Gasteiger charge is 2.09. The molecule has 0 aliphatic heterocycles. The average molecular weight is 316 g/mol. The summed E-state index contributed by atoms with van der Waals surface area (Å²) < 4.78 is 0.947. The van der Waals surface area contributed by atoms with Crippen molar-refractivity contribution in [3.05, 3.63) is 58.3 Å². The SMILES string of the molecule is CCN(Cc1ccncc1)c1ccc(C#N)cc1Br. The second-order valence-corrected chi connectivity index (χ2v) is 5.00. The van der Waals surface area contributed by atoms with Crippen molar-refractivity contribution in [2.45, 2.75) is 13.5 Å². The molecule has 1 aromatic heterocycles. The zero-order valence-corrected chi connectivity index (χ0v) is 12.3. The average Bonchev–Trinajstić information content (AvgIpc) is 2.46. The molecule has 19 heavy (non-hydrogen) atoms. The van der Waals surface area contributed by atoms with Crippen LogP contribution in [0.2, 0.25) is 0 Å². The van der Waals surface area contributed by atoms with Crippen LogP contribution < -0.4 is 4.90 Å². The molecular weight excluding hydrogens is 302 g/mol. The lowest BCUT2D eigenvalue weighted by Gasteiger charge is -2.24. The smallest absolute Gasteiger partial charge is 0.0992 e. The van der Waals surface area contributed by atoms with Gasteiger partial charge in [0, 0.05) is 30.0 Å². The number of halogens is 1. The van der Waals surface area contributed by atoms with E-state index in [0.29, 0.717) is 5.56 Å². The molecule has 0 saturated carbocycles. The molecule has 2 rings (SSSR count). The maximum Gasteiger partial charge on any atom is 0.0992 e. The van der Waals surface area contributed by atoms with Crippen molar-refractivity contribution < 1.29 is 0 Å². The molecule has 2 aromatic rings. The molecule has 0 bridgehead atoms. The Kier molecular flexibility index (Phi) is 4.53. The minimum Gasteiger partial charge on any atom is -0.367 e. The van der Waals surface area contributed by atoms with Gasteiger partial charge in [-0.3, -0.25) is 4.98 Å². The first-order chi connectivity index (χ1) is 9.24. The van der Waals surface area contributed by atoms with Crippen molar-refractivity contribution in [2.24, 2.45) is 0 Å². The molecule has 1 aromatic carbocycles. The number of rotatable bonds is 4. The van der Waals surface area contributed by atoms with Gasteiger partial charge in [-0.2, -0.15) is 5.26 Å². The summed E-state index contributed by atoms with van der Waals surface area (Å²) in [5, 5.41) is 8.89. The molecule has 4 heteroatoms. The molecular formula is C15H14BrN3. The van der Waals surface area contributed by atoms with E-state index in [9.17, 15) is 0 Å². The molecule has 3 nitrogen and oxygen atoms in total. The van der Waals surface area contributed by atoms with Crippen LogP contribution >= 0.6 is 15.9 Å². The zero-order chi connectivity index (χ0) is 13.7. The molecule has 0 aliphatic carbocycles. The van der Waals surface area contributed by atoms with Gasteiger partial charge in [0.15, 0.2) is 0 Å². The Labute approximate surface area is 121 Å². The maximum absolute atomic E-state index is 8.89. The first kappa shape index (κ1) is 13.6. The number of aromatic nitrogens is 1. The maximum atomic E-state index is 8.89. The third kappa shape index (κ3) is 3.33. The molecule has 0 fully saturated rings. The Morgan fingerprint density at radius 2 is 2.00 bits per heavy atom. The Morgan fingerprint density at radius 1 is 1.26 bits per heavy atom. The Balaban J connectivity index is 2.25. The number of nitriles is 1. The molecule has 0 saturated heterocycles. The third-order valence-electron chi connectivity index (χ3n) is 2.92. The Morgan fingerprint density at radius 3 is 2.58 bits per heavy atom. The minimum absolute atomic E-state index is 0.663. The van der Waals surface area contributed by atoms with E-state index < -0.39 is 0 Å². The fourth-order valence-electron chi connectivity index (χ4n) is 1.91. The summed E-state index contributed by atoms with van der Waals surface area (Å²) in [4.78, 5) is 6.28. The second-order valence-electron chi connectivity index (χ2n) is 4.15. The molecule has 1 heterocycles. The second kappa shape index (κ2) is 6.35. The van der Waals surface area contributed by atoms with E-state index in [-0.39, 0.29) is 0 Å². The molecule has 0 unspecified atom stereocenters. The molecule has 0 N–H and O–H groups in total. The highest BCUT2D eigenvalue weighted by atomic mass is 79.9. The highest BCUT2D eigenvalue weighted by molar-refractivity contribution is 9.10. The summed E-state index contributed by atoms with van der Waals surface area (Å²) in [6.07, 6.45) is 3.61. The van der Waals surface area contributed by atoms with Crippen LogP contribution in [0.1, 0.15) is 18.1 Å². The first-order valence-corrected chi connectivity index (χ1v) is 6.87. The lowest BCUT2D eigenvalue weighted by molar-refractivity contribution is 0.828. The summed E-state index contributed by atoms with van der Waals surface area (Å²) in [7, 11) is 0. The van der Waals surface area contributed by atoms with Gasteiger partial charge in [0.2, 0.25) is 0 Å². The molecule has 0 spiro atoms. The quantitative estimate of drug-likeness (QED) is 0.862. The number of hydrogen-bond acceptors (Lipinski definition) is 3. The van der Waals surface area contributed by atoms with E-state index in [2.05, 4.69) is 38.8 Å². The van der Waals surface area contributed by atoms with Crippen molar-refractivity contribution in [2.75, 3.05) is 11.4 Å². The van der Waals surface area contributed by atoms with E-state index in [4.69, 9.17) is 5.26 Å². The van der Waals surface area contributed by atoms with Crippen LogP contribution in [0.15, 0.2) is 47.2 Å². The molecule has 0 radical (unpaired) electrons. The lowest BCUT2D eigenvalue weighted by atomic mass is 10.2. The van der Waals surface area contributed by atoms with Crippen LogP contribution in [0.4, 0.5) is 5.69 Å². The molecule has 0 amide bonds. The van der Waals surface area contributed by atoms with Gasteiger partial charge >= 0.3 is 0 Å². The third-order valence-corrected chi connectivity index (χ3v) is 3.56. The first-order valence-electron chi connectivity index (χ1n) is 6.08. The predicted molar refractivity (Wildman–Crippen MR) is 79.8 cm³/mol. The largest absolute Gasteiger partial charge is 0.367 e. The van der Waals surface area contributed by atoms with Gasteiger partial charge in [-0.25, -0.2) is 0 Å². The topological polar surface area (TPSA) is 39.9 Å². The minimum atomic E-state index is 0.663. The van der Waals surface area contributed by atoms with E-state index in [1.165, 1.54) is 5.56 Å². The van der Waals surface area contributed by atoms with Crippen LogP contribution in [0.5, 0.6) is 0 Å². The fourth-order valence-corrected chi connectivity index (χ4v) is 2.54. The summed E-state index contributed by atoms with van der Waals surface area (Å²) in [5.41, 5.74) is 2.97. The van der Waals surface area contributed by atoms with E-state index in [1.807, 2.05) is 30.3 Å². The van der Waals surface area contributed by atoms with Crippen molar-refractivity contribution in [3.8, 4) is 6.07 Å². The standard InChI is InChI=1S/C15H14BrN3/c1-2-19(11-12-5-7-18-8-6-12)15-4-3-13(10-17)9-14(15)16/h3-9H,2,11H2,1H3. The number of benzene rings is 1. The molecule has 0 atom stereocenters. The van der Waals surface area contributed by atoms with Crippen molar-refractivity contribution in [1.82, 2.24) is 4.98 Å². The van der Waals surface area contributed by atoms with Gasteiger partial charge in [0.05, 0.1) is 17.3 Å². The zero-order valence-electron chi connectivity index (χ0n) is 10.7. The van der Waals surface area contributed by atoms with Crippen LogP contribution in [0.3, 0.4) is 0 Å². The van der Waals surface area contributed by atoms with Crippen LogP contribution in [0.25, 0.3) is 0 Å². The number of nitrogens with zero attached hydrogens (tertiary/aromatic N) is 3. The van der Waals surface area contributed by atoms with Gasteiger partial charge in [0.25, 0.3) is 0 Å². The van der Waals surface area contributed by atoms with Crippen molar-refractivity contribution >= 4 is 21.6 Å². The monoisotopic (exact) mass is 315 g/mol. The summed E-state index contributed by atoms with van der Waals surface area (Å²) in [5.74, 6) is 0. The number of hydrogen-bond donors (Lipinski definition) is 0. The summed E-state index contributed by atoms with van der Waals surface area (Å²) in [6.45, 7) is 3.84. The van der Waals surface area contributed by atoms with Crippen molar-refractivity contribution in [1.29, 1.82) is 5.26 Å². The summed E-state index contributed by atoms with van der Waals surface area (Å²) in [6, 6.07) is 11.8. The van der Waals surface area contributed by atoms with E-state index in [0.717, 1.165) is 23.2 Å². The number of anilines is 1. The fraction of sp³-hybridized carbons (Fsp3) is 0.200. The van der Waals surface area contributed by atoms with Crippen LogP contribution in [0, 0.1) is 11.3 Å². The van der Waals surface area contributed by atoms with Gasteiger partial charge in [-0.05, 0) is 58.7 Å². The van der Waals surface area contributed by atoms with E-state index >= 15 is 0 Å². The lowest BCUT2D eigenvalue weighted by Crippen LogP contribution is -2.22. The van der Waals surface area contributed by atoms with Crippen LogP contribution in [-0.2, 0) is 6.54 Å². The predicted octanol–water partition coefficient (Wildman–Crippen LogP) is 3.74. The van der Waals surface area contributed by atoms with Gasteiger partial charge < -0.3 is 4.90 Å². The van der Waals surface area contributed by atoms with Gasteiger partial charge in [-0.15, -0.1) is 0 Å². The van der Waals surface area contributed by atoms with Crippen molar-refractivity contribution in [3.63, 3.8) is 0 Å². The normalized spacial score (nSPS) is 9.95. The van der Waals surface area contributed by atoms with Crippen LogP contribution in [-0.4, -0.2) is 11.5 Å². The number of pyridine rings is 1. The molecule has 0 aliphatic rings. The Hall–Kier alpha value is -1.86. The Bertz CT molecular complexity index is 590. The summed E-state index contributed by atoms with van der Waals surface area (Å²) >= 11 is 3.54. The van der Waals surface area contributed by atoms with Gasteiger partial charge in [0.1, 0.15) is 0 Å².